The van der Waals surface area contributed by atoms with Crippen molar-refractivity contribution in [2.75, 3.05) is 83.5 Å². The number of hydrogen-bond donors (Lipinski definition) is 4. The molecule has 3 atom stereocenters. The van der Waals surface area contributed by atoms with E-state index in [1.165, 1.54) is 87.9 Å². The number of ketones is 3. The maximum Gasteiger partial charge on any atom is 0.407 e. The van der Waals surface area contributed by atoms with Crippen LogP contribution in [-0.4, -0.2) is 189 Å². The molecule has 27 nitrogen and oxygen atoms in total. The summed E-state index contributed by atoms with van der Waals surface area (Å²) in [5.41, 5.74) is 5.96. The molecular weight excluding hydrogens is 1280 g/mol. The zero-order valence-corrected chi connectivity index (χ0v) is 58.7. The van der Waals surface area contributed by atoms with Gasteiger partial charge in [0, 0.05) is 111 Å². The van der Waals surface area contributed by atoms with Crippen LogP contribution in [0.15, 0.2) is 103 Å². The van der Waals surface area contributed by atoms with Crippen LogP contribution in [0, 0.1) is 0 Å². The lowest BCUT2D eigenvalue weighted by atomic mass is 9.88. The van der Waals surface area contributed by atoms with Crippen molar-refractivity contribution in [1.82, 2.24) is 61.0 Å². The van der Waals surface area contributed by atoms with Crippen LogP contribution >= 0.6 is 11.6 Å². The summed E-state index contributed by atoms with van der Waals surface area (Å²) in [6, 6.07) is 25.2. The Hall–Kier alpha value is -10.2. The van der Waals surface area contributed by atoms with Crippen LogP contribution in [0.2, 0.25) is 5.15 Å². The van der Waals surface area contributed by atoms with Gasteiger partial charge in [0.2, 0.25) is 23.5 Å². The first-order chi connectivity index (χ1) is 47.0. The summed E-state index contributed by atoms with van der Waals surface area (Å²) >= 11 is 5.63. The standard InChI is InChI=1S/C20H24N4O2.C16H25N3O3.C13H18N2O4.C13H16N2O4.C8H8ClNO2/c1-23(19(25)15-9-5-7-13-21-15)17-11-3-4-12-18(17)24(2)20(26)16-10-6-8-14-22-16;1-11(18-13-6-7-13)12-9-14(19-15(10-12)21-2)5-4-8-17-16(20)22-3;2*1-9(16)10-7-11(15-12(8-10)18-2)5-4-6-14-13(17)19-3;1-5(11)6-3-7(9)10-8(4-6)12-2/h5-10,13-14,17-18H,3-4,11-12H2,1-2H3;9-11,13,18H,4-8H2,1-3H3,(H,17,20);7-8H,4-6H2,1-3H3,(H,14,17);4-5,7-8H,6H2,1-3H3,(H,14,17);3-4H,1-2H3/b;;;5-4+;/t17-,18+;11-;;;/m.1.../s1. The molecule has 8 rings (SSSR count). The number of ether oxygens (including phenoxy) is 7. The maximum absolute atomic E-state index is 12.8. The van der Waals surface area contributed by atoms with E-state index in [4.69, 9.17) is 30.5 Å². The number of nitrogens with one attached hydrogen (secondary N) is 4. The summed E-state index contributed by atoms with van der Waals surface area (Å²) in [5.74, 6) is 1.40. The number of aromatic nitrogens is 6. The minimum absolute atomic E-state index is 0.0316. The molecule has 0 bridgehead atoms. The number of aryl methyl sites for hydroxylation is 2. The highest BCUT2D eigenvalue weighted by atomic mass is 35.5. The number of halogens is 1. The Morgan fingerprint density at radius 2 is 0.969 bits per heavy atom. The van der Waals surface area contributed by atoms with Crippen molar-refractivity contribution in [3.63, 3.8) is 0 Å². The highest BCUT2D eigenvalue weighted by Gasteiger charge is 2.36. The first-order valence-electron chi connectivity index (χ1n) is 31.6. The fourth-order valence-electron chi connectivity index (χ4n) is 9.56. The van der Waals surface area contributed by atoms with Gasteiger partial charge in [0.25, 0.3) is 11.8 Å². The van der Waals surface area contributed by atoms with Crippen LogP contribution in [0.1, 0.15) is 160 Å². The van der Waals surface area contributed by atoms with Crippen LogP contribution in [0.5, 0.6) is 23.5 Å². The number of methoxy groups -OCH3 is 7. The van der Waals surface area contributed by atoms with Gasteiger partial charge in [-0.2, -0.15) is 0 Å². The predicted molar refractivity (Wildman–Crippen MR) is 368 cm³/mol. The van der Waals surface area contributed by atoms with Gasteiger partial charge < -0.3 is 64.2 Å². The molecule has 0 saturated heterocycles. The summed E-state index contributed by atoms with van der Waals surface area (Å²) in [6.07, 6.45) is 14.6. The Bertz CT molecular complexity index is 3520. The molecule has 2 aliphatic rings. The van der Waals surface area contributed by atoms with E-state index < -0.39 is 18.3 Å². The van der Waals surface area contributed by atoms with Crippen LogP contribution in [-0.2, 0) is 27.1 Å². The average molecular weight is 1380 g/mol. The summed E-state index contributed by atoms with van der Waals surface area (Å²) in [4.78, 5) is 120. The molecule has 98 heavy (non-hydrogen) atoms. The molecule has 5 amide bonds. The number of hydrogen-bond acceptors (Lipinski definition) is 22. The second kappa shape index (κ2) is 43.1. The van der Waals surface area contributed by atoms with Gasteiger partial charge in [0.1, 0.15) is 16.5 Å². The Balaban J connectivity index is 0.000000265. The molecule has 0 radical (unpaired) electrons. The number of amides is 5. The second-order valence-corrected chi connectivity index (χ2v) is 22.6. The van der Waals surface area contributed by atoms with Gasteiger partial charge in [0.15, 0.2) is 17.3 Å². The van der Waals surface area contributed by atoms with Gasteiger partial charge in [-0.25, -0.2) is 34.3 Å². The minimum atomic E-state index is -0.507. The predicted octanol–water partition coefficient (Wildman–Crippen LogP) is 10.0. The SMILES string of the molecule is CN(C(=O)c1ccccn1)[C@@H]1CCCC[C@@H]1N(C)C(=O)c1ccccn1.COC(=O)NC/C=C/c1cc(C(C)=O)cc(OC)n1.COC(=O)NCCCc1cc(C(C)=O)cc(OC)n1.COC(=O)NCCCc1cc([C@@H](C)NC2CC2)cc(OC)n1.COc1cc(C(C)=O)cc(Cl)n1. The van der Waals surface area contributed by atoms with E-state index in [0.29, 0.717) is 95.8 Å². The first kappa shape index (κ1) is 80.3. The van der Waals surface area contributed by atoms with Gasteiger partial charge in [-0.1, -0.05) is 42.7 Å². The molecule has 2 saturated carbocycles. The number of Topliss-reactive ketones (excluding diaryl/α,β-unsaturated/α-hetero) is 3. The largest absolute Gasteiger partial charge is 0.481 e. The lowest BCUT2D eigenvalue weighted by molar-refractivity contribution is 0.0415. The number of nitrogens with zero attached hydrogens (tertiary/aromatic N) is 8. The molecule has 0 unspecified atom stereocenters. The molecule has 0 aliphatic heterocycles. The molecule has 2 aliphatic carbocycles. The van der Waals surface area contributed by atoms with Gasteiger partial charge >= 0.3 is 18.3 Å². The number of rotatable bonds is 25. The van der Waals surface area contributed by atoms with E-state index >= 15 is 0 Å². The fourth-order valence-corrected chi connectivity index (χ4v) is 9.76. The Morgan fingerprint density at radius 1 is 0.541 bits per heavy atom. The number of pyridine rings is 6. The third-order valence-corrected chi connectivity index (χ3v) is 15.2. The summed E-state index contributed by atoms with van der Waals surface area (Å²) in [7, 11) is 13.7. The van der Waals surface area contributed by atoms with E-state index in [0.717, 1.165) is 49.9 Å². The zero-order chi connectivity index (χ0) is 72.1. The van der Waals surface area contributed by atoms with Crippen LogP contribution < -0.4 is 40.2 Å². The second-order valence-electron chi connectivity index (χ2n) is 22.2. The van der Waals surface area contributed by atoms with E-state index in [1.807, 2.05) is 18.2 Å². The first-order valence-corrected chi connectivity index (χ1v) is 32.0. The third kappa shape index (κ3) is 28.7. The summed E-state index contributed by atoms with van der Waals surface area (Å²) in [5, 5.41) is 11.6. The van der Waals surface area contributed by atoms with E-state index in [1.54, 1.807) is 110 Å². The zero-order valence-electron chi connectivity index (χ0n) is 58.0. The minimum Gasteiger partial charge on any atom is -0.481 e. The molecule has 4 N–H and O–H groups in total. The molecule has 6 aromatic rings. The van der Waals surface area contributed by atoms with Crippen LogP contribution in [0.4, 0.5) is 14.4 Å². The van der Waals surface area contributed by atoms with Crippen molar-refractivity contribution < 1.29 is 71.5 Å². The Kier molecular flexibility index (Phi) is 35.3. The van der Waals surface area contributed by atoms with Crippen molar-refractivity contribution in [1.29, 1.82) is 0 Å². The van der Waals surface area contributed by atoms with Crippen molar-refractivity contribution in [3.05, 3.63) is 159 Å². The number of carbonyl (C=O) groups excluding carboxylic acids is 8. The number of carbonyl (C=O) groups is 8. The van der Waals surface area contributed by atoms with Gasteiger partial charge in [0.05, 0.1) is 67.5 Å². The molecule has 6 aromatic heterocycles. The van der Waals surface area contributed by atoms with Crippen LogP contribution in [0.25, 0.3) is 6.08 Å². The topological polar surface area (TPSA) is 333 Å². The highest BCUT2D eigenvalue weighted by molar-refractivity contribution is 6.29. The molecule has 6 heterocycles. The van der Waals surface area contributed by atoms with Gasteiger partial charge in [-0.05, 0) is 139 Å². The van der Waals surface area contributed by atoms with E-state index in [9.17, 15) is 38.4 Å². The van der Waals surface area contributed by atoms with Crippen LogP contribution in [0.3, 0.4) is 0 Å². The molecule has 0 spiro atoms. The Morgan fingerprint density at radius 3 is 1.41 bits per heavy atom. The molecule has 28 heteroatoms. The molecule has 528 valence electrons. The van der Waals surface area contributed by atoms with Crippen molar-refractivity contribution in [3.8, 4) is 23.5 Å². The average Bonchev–Trinajstić information content (AvgIpc) is 1.34. The highest BCUT2D eigenvalue weighted by Crippen LogP contribution is 2.29. The van der Waals surface area contributed by atoms with Gasteiger partial charge in [-0.15, -0.1) is 0 Å². The maximum atomic E-state index is 12.8. The smallest absolute Gasteiger partial charge is 0.407 e. The van der Waals surface area contributed by atoms with E-state index in [-0.39, 0.29) is 52.4 Å². The van der Waals surface area contributed by atoms with Gasteiger partial charge in [-0.3, -0.25) is 33.9 Å². The molecular formula is C70H91ClN12O15. The normalized spacial score (nSPS) is 13.7. The van der Waals surface area contributed by atoms with Crippen molar-refractivity contribution >= 4 is 65.1 Å². The number of likely N-dealkylation sites (N-methyl/N-ethyl adjacent to an activating group) is 2. The third-order valence-electron chi connectivity index (χ3n) is 15.0. The monoisotopic (exact) mass is 1370 g/mol. The lowest BCUT2D eigenvalue weighted by Gasteiger charge is -2.42. The molecule has 2 fully saturated rings. The Labute approximate surface area is 577 Å². The van der Waals surface area contributed by atoms with Crippen molar-refractivity contribution in [2.24, 2.45) is 0 Å². The molecule has 0 aromatic carbocycles. The fraction of sp³-hybridized carbons (Fsp3) is 0.429. The van der Waals surface area contributed by atoms with E-state index in [2.05, 4.69) is 78.4 Å². The summed E-state index contributed by atoms with van der Waals surface area (Å²) < 4.78 is 33.6. The quantitative estimate of drug-likeness (QED) is 0.0179. The summed E-state index contributed by atoms with van der Waals surface area (Å²) in [6.45, 7) is 7.96. The van der Waals surface area contributed by atoms with Crippen molar-refractivity contribution in [2.45, 2.75) is 116 Å². The number of alkyl carbamates (subject to hydrolysis) is 3. The lowest BCUT2D eigenvalue weighted by Crippen LogP contribution is -2.54.